The van der Waals surface area contributed by atoms with Gasteiger partial charge in [0.2, 0.25) is 11.7 Å². The zero-order chi connectivity index (χ0) is 20.1. The largest absolute Gasteiger partial charge is 0.409 e. The molecule has 0 saturated carbocycles. The second-order valence-corrected chi connectivity index (χ2v) is 6.01. The van der Waals surface area contributed by atoms with E-state index in [2.05, 4.69) is 36.0 Å². The van der Waals surface area contributed by atoms with Crippen molar-refractivity contribution in [3.63, 3.8) is 0 Å². The lowest BCUT2D eigenvalue weighted by Crippen LogP contribution is -2.33. The number of oxime groups is 1. The maximum absolute atomic E-state index is 14.2. The molecule has 1 unspecified atom stereocenters. The lowest BCUT2D eigenvalue weighted by molar-refractivity contribution is -0.119. The van der Waals surface area contributed by atoms with E-state index < -0.39 is 23.6 Å². The number of aryl methyl sites for hydroxylation is 1. The number of carbonyl (C=O) groups is 1. The lowest BCUT2D eigenvalue weighted by Gasteiger charge is -2.16. The quantitative estimate of drug-likeness (QED) is 0.194. The van der Waals surface area contributed by atoms with E-state index in [9.17, 15) is 18.8 Å². The topological polar surface area (TPSA) is 145 Å². The summed E-state index contributed by atoms with van der Waals surface area (Å²) in [5.74, 6) is -2.50. The summed E-state index contributed by atoms with van der Waals surface area (Å²) in [7, 11) is 0. The molecule has 1 aromatic carbocycles. The standard InChI is InChI=1S/C16H18F2N6O4/c17-9-3-1-8-2-4-10(12(8)13(9)18)21-16(22-27)14-15(24-28-23-14)20-7-11(26)19-5-6-25/h1,3,10,25,27H,2,4-7H2,(H,19,26)(H,20,24)(H,21,22). The van der Waals surface area contributed by atoms with Crippen molar-refractivity contribution in [2.75, 3.05) is 25.0 Å². The molecule has 0 saturated heterocycles. The number of benzene rings is 1. The fraction of sp³-hybridized carbons (Fsp3) is 0.375. The molecule has 28 heavy (non-hydrogen) atoms. The second-order valence-electron chi connectivity index (χ2n) is 6.01. The van der Waals surface area contributed by atoms with E-state index in [0.717, 1.165) is 6.07 Å². The Hall–Kier alpha value is -3.28. The maximum Gasteiger partial charge on any atom is 0.239 e. The highest BCUT2D eigenvalue weighted by molar-refractivity contribution is 6.01. The Morgan fingerprint density at radius 1 is 1.36 bits per heavy atom. The minimum atomic E-state index is -0.964. The van der Waals surface area contributed by atoms with E-state index in [4.69, 9.17) is 5.11 Å². The zero-order valence-electron chi connectivity index (χ0n) is 14.6. The van der Waals surface area contributed by atoms with Gasteiger partial charge in [-0.15, -0.1) is 0 Å². The van der Waals surface area contributed by atoms with Crippen molar-refractivity contribution in [3.05, 3.63) is 40.6 Å². The van der Waals surface area contributed by atoms with E-state index in [1.165, 1.54) is 6.07 Å². The Kier molecular flexibility index (Phi) is 5.99. The SMILES string of the molecule is O=C(CNc1nonc1/C(=N\O)NC1CCc2ccc(F)c(F)c21)NCCO. The Bertz CT molecular complexity index is 888. The summed E-state index contributed by atoms with van der Waals surface area (Å²) in [6.07, 6.45) is 0.975. The predicted octanol–water partition coefficient (Wildman–Crippen LogP) is 0.281. The third-order valence-corrected chi connectivity index (χ3v) is 4.25. The molecule has 0 bridgehead atoms. The van der Waals surface area contributed by atoms with Crippen LogP contribution in [0.2, 0.25) is 0 Å². The Balaban J connectivity index is 1.73. The predicted molar refractivity (Wildman–Crippen MR) is 91.8 cm³/mol. The number of aliphatic hydroxyl groups is 1. The maximum atomic E-state index is 14.2. The number of carbonyl (C=O) groups excluding carboxylic acids is 1. The monoisotopic (exact) mass is 396 g/mol. The second kappa shape index (κ2) is 8.61. The van der Waals surface area contributed by atoms with Crippen molar-refractivity contribution in [2.45, 2.75) is 18.9 Å². The molecule has 10 nitrogen and oxygen atoms in total. The molecule has 1 heterocycles. The van der Waals surface area contributed by atoms with E-state index in [-0.39, 0.29) is 42.6 Å². The summed E-state index contributed by atoms with van der Waals surface area (Å²) >= 11 is 0. The molecular weight excluding hydrogens is 378 g/mol. The molecule has 12 heteroatoms. The first kappa shape index (κ1) is 19.5. The Morgan fingerprint density at radius 2 is 2.18 bits per heavy atom. The number of amides is 1. The summed E-state index contributed by atoms with van der Waals surface area (Å²) in [6.45, 7) is -0.307. The van der Waals surface area contributed by atoms with Crippen LogP contribution in [0.15, 0.2) is 21.9 Å². The first-order valence-corrected chi connectivity index (χ1v) is 8.44. The number of aliphatic hydroxyl groups excluding tert-OH is 1. The molecule has 0 aliphatic heterocycles. The van der Waals surface area contributed by atoms with Gasteiger partial charge < -0.3 is 26.3 Å². The van der Waals surface area contributed by atoms with Gasteiger partial charge in [0, 0.05) is 12.1 Å². The number of anilines is 1. The van der Waals surface area contributed by atoms with Crippen LogP contribution in [0.5, 0.6) is 0 Å². The van der Waals surface area contributed by atoms with Crippen LogP contribution >= 0.6 is 0 Å². The highest BCUT2D eigenvalue weighted by atomic mass is 19.2. The molecule has 1 atom stereocenters. The highest BCUT2D eigenvalue weighted by Crippen LogP contribution is 2.34. The number of hydrogen-bond acceptors (Lipinski definition) is 8. The zero-order valence-corrected chi connectivity index (χ0v) is 14.6. The normalized spacial score (nSPS) is 16.0. The molecule has 150 valence electrons. The van der Waals surface area contributed by atoms with Gasteiger partial charge in [-0.2, -0.15) is 0 Å². The average Bonchev–Trinajstić information content (AvgIpc) is 3.32. The van der Waals surface area contributed by atoms with Crippen LogP contribution < -0.4 is 16.0 Å². The number of nitrogens with zero attached hydrogens (tertiary/aromatic N) is 3. The summed E-state index contributed by atoms with van der Waals surface area (Å²) in [5, 5.41) is 36.3. The summed E-state index contributed by atoms with van der Waals surface area (Å²) in [4.78, 5) is 11.6. The number of halogens is 2. The van der Waals surface area contributed by atoms with Crippen molar-refractivity contribution in [3.8, 4) is 0 Å². The van der Waals surface area contributed by atoms with Crippen LogP contribution in [0.25, 0.3) is 0 Å². The van der Waals surface area contributed by atoms with Crippen LogP contribution in [0, 0.1) is 11.6 Å². The van der Waals surface area contributed by atoms with Gasteiger partial charge in [-0.25, -0.2) is 13.4 Å². The van der Waals surface area contributed by atoms with Gasteiger partial charge in [0.05, 0.1) is 19.2 Å². The molecule has 3 rings (SSSR count). The lowest BCUT2D eigenvalue weighted by atomic mass is 10.1. The number of nitrogens with one attached hydrogen (secondary N) is 3. The van der Waals surface area contributed by atoms with Crippen LogP contribution in [0.4, 0.5) is 14.6 Å². The van der Waals surface area contributed by atoms with E-state index in [0.29, 0.717) is 18.4 Å². The fourth-order valence-corrected chi connectivity index (χ4v) is 2.98. The summed E-state index contributed by atoms with van der Waals surface area (Å²) in [5.41, 5.74) is 0.782. The van der Waals surface area contributed by atoms with Crippen molar-refractivity contribution in [2.24, 2.45) is 5.16 Å². The van der Waals surface area contributed by atoms with Gasteiger partial charge in [0.1, 0.15) is 0 Å². The molecule has 2 aromatic rings. The number of aromatic nitrogens is 2. The molecule has 1 aromatic heterocycles. The Labute approximate surface area is 157 Å². The van der Waals surface area contributed by atoms with Crippen LogP contribution in [0.1, 0.15) is 29.3 Å². The molecule has 1 aliphatic rings. The van der Waals surface area contributed by atoms with E-state index in [1.54, 1.807) is 0 Å². The van der Waals surface area contributed by atoms with Gasteiger partial charge in [0.25, 0.3) is 0 Å². The third-order valence-electron chi connectivity index (χ3n) is 4.25. The van der Waals surface area contributed by atoms with Crippen molar-refractivity contribution in [1.82, 2.24) is 20.9 Å². The smallest absolute Gasteiger partial charge is 0.239 e. The minimum absolute atomic E-state index is 0.0115. The molecule has 0 spiro atoms. The van der Waals surface area contributed by atoms with Gasteiger partial charge >= 0.3 is 0 Å². The van der Waals surface area contributed by atoms with E-state index in [1.807, 2.05) is 0 Å². The summed E-state index contributed by atoms with van der Waals surface area (Å²) < 4.78 is 32.4. The van der Waals surface area contributed by atoms with Crippen LogP contribution in [-0.2, 0) is 11.2 Å². The number of hydrogen-bond donors (Lipinski definition) is 5. The number of rotatable bonds is 7. The molecular formula is C16H18F2N6O4. The van der Waals surface area contributed by atoms with Crippen molar-refractivity contribution < 1.29 is 28.5 Å². The van der Waals surface area contributed by atoms with Crippen LogP contribution in [-0.4, -0.2) is 52.1 Å². The van der Waals surface area contributed by atoms with Crippen LogP contribution in [0.3, 0.4) is 0 Å². The average molecular weight is 396 g/mol. The molecule has 1 amide bonds. The molecule has 0 fully saturated rings. The first-order chi connectivity index (χ1) is 13.5. The van der Waals surface area contributed by atoms with Gasteiger partial charge in [-0.1, -0.05) is 11.2 Å². The highest BCUT2D eigenvalue weighted by Gasteiger charge is 2.30. The minimum Gasteiger partial charge on any atom is -0.409 e. The molecule has 5 N–H and O–H groups in total. The summed E-state index contributed by atoms with van der Waals surface area (Å²) in [6, 6.07) is 1.94. The molecule has 1 aliphatic carbocycles. The van der Waals surface area contributed by atoms with Gasteiger partial charge in [0.15, 0.2) is 23.2 Å². The number of amidine groups is 1. The third kappa shape index (κ3) is 4.01. The van der Waals surface area contributed by atoms with Crippen molar-refractivity contribution >= 4 is 17.6 Å². The van der Waals surface area contributed by atoms with E-state index >= 15 is 0 Å². The van der Waals surface area contributed by atoms with Gasteiger partial charge in [-0.3, -0.25) is 4.79 Å². The first-order valence-electron chi connectivity index (χ1n) is 8.44. The fourth-order valence-electron chi connectivity index (χ4n) is 2.98. The molecule has 0 radical (unpaired) electrons. The van der Waals surface area contributed by atoms with Crippen molar-refractivity contribution in [1.29, 1.82) is 0 Å². The number of fused-ring (bicyclic) bond motifs is 1. The Morgan fingerprint density at radius 3 is 2.93 bits per heavy atom. The van der Waals surface area contributed by atoms with Gasteiger partial charge in [-0.05, 0) is 34.8 Å².